The van der Waals surface area contributed by atoms with Crippen molar-refractivity contribution in [3.8, 4) is 5.75 Å². The maximum absolute atomic E-state index is 6.02. The van der Waals surface area contributed by atoms with Gasteiger partial charge in [-0.1, -0.05) is 66.2 Å². The lowest BCUT2D eigenvalue weighted by atomic mass is 10.2. The van der Waals surface area contributed by atoms with Crippen molar-refractivity contribution < 1.29 is 4.74 Å². The van der Waals surface area contributed by atoms with Crippen LogP contribution in [0, 0.1) is 0 Å². The van der Waals surface area contributed by atoms with Crippen LogP contribution in [0.25, 0.3) is 0 Å². The van der Waals surface area contributed by atoms with Crippen LogP contribution in [-0.4, -0.2) is 11.3 Å². The van der Waals surface area contributed by atoms with Crippen molar-refractivity contribution in [1.29, 1.82) is 0 Å². The van der Waals surface area contributed by atoms with Crippen LogP contribution in [0.2, 0.25) is 5.02 Å². The number of benzene rings is 3. The molecule has 3 aromatic carbocycles. The fourth-order valence-corrected chi connectivity index (χ4v) is 2.82. The van der Waals surface area contributed by atoms with Gasteiger partial charge in [0.2, 0.25) is 0 Å². The van der Waals surface area contributed by atoms with Gasteiger partial charge in [0, 0.05) is 17.1 Å². The molecular formula is C22H20ClN3OS. The fourth-order valence-electron chi connectivity index (χ4n) is 2.48. The second kappa shape index (κ2) is 10.4. The molecule has 0 radical (unpaired) electrons. The van der Waals surface area contributed by atoms with Crippen molar-refractivity contribution >= 4 is 35.1 Å². The first-order valence-electron chi connectivity index (χ1n) is 8.78. The molecule has 0 fully saturated rings. The molecule has 0 unspecified atom stereocenters. The van der Waals surface area contributed by atoms with Gasteiger partial charge in [-0.05, 0) is 47.6 Å². The molecule has 3 aromatic rings. The Labute approximate surface area is 175 Å². The topological polar surface area (TPSA) is 45.7 Å². The molecule has 0 amide bonds. The minimum atomic E-state index is 0.426. The molecule has 0 saturated heterocycles. The van der Waals surface area contributed by atoms with Crippen molar-refractivity contribution in [1.82, 2.24) is 10.7 Å². The van der Waals surface area contributed by atoms with Crippen LogP contribution in [0.3, 0.4) is 0 Å². The molecule has 0 spiro atoms. The number of nitrogens with zero attached hydrogens (tertiary/aromatic N) is 1. The summed E-state index contributed by atoms with van der Waals surface area (Å²) in [5, 5.41) is 8.47. The lowest BCUT2D eigenvalue weighted by Gasteiger charge is -2.10. The molecule has 28 heavy (non-hydrogen) atoms. The Morgan fingerprint density at radius 1 is 0.964 bits per heavy atom. The molecule has 0 saturated carbocycles. The van der Waals surface area contributed by atoms with Gasteiger partial charge in [0.05, 0.1) is 6.21 Å². The number of para-hydroxylation sites is 1. The highest BCUT2D eigenvalue weighted by Crippen LogP contribution is 2.18. The van der Waals surface area contributed by atoms with E-state index >= 15 is 0 Å². The maximum atomic E-state index is 6.02. The third-order valence-electron chi connectivity index (χ3n) is 3.87. The summed E-state index contributed by atoms with van der Waals surface area (Å²) in [5.41, 5.74) is 5.83. The van der Waals surface area contributed by atoms with Gasteiger partial charge in [-0.25, -0.2) is 0 Å². The first kappa shape index (κ1) is 19.9. The summed E-state index contributed by atoms with van der Waals surface area (Å²) >= 11 is 11.3. The minimum Gasteiger partial charge on any atom is -0.488 e. The zero-order chi connectivity index (χ0) is 19.6. The second-order valence-electron chi connectivity index (χ2n) is 5.99. The molecule has 0 atom stereocenters. The standard InChI is InChI=1S/C22H20ClN3OS/c23-20-11-6-9-18(13-20)16-27-21-12-5-4-10-19(21)15-25-26-22(28)24-14-17-7-2-1-3-8-17/h1-13,15H,14,16H2,(H2,24,26,28)/b25-15+. The molecule has 6 heteroatoms. The van der Waals surface area contributed by atoms with E-state index in [0.29, 0.717) is 23.3 Å². The predicted octanol–water partition coefficient (Wildman–Crippen LogP) is 4.92. The van der Waals surface area contributed by atoms with Crippen molar-refractivity contribution in [2.45, 2.75) is 13.2 Å². The number of ether oxygens (including phenoxy) is 1. The average Bonchev–Trinajstić information content (AvgIpc) is 2.72. The molecule has 0 aromatic heterocycles. The van der Waals surface area contributed by atoms with E-state index in [4.69, 9.17) is 28.6 Å². The normalized spacial score (nSPS) is 10.6. The quantitative estimate of drug-likeness (QED) is 0.330. The van der Waals surface area contributed by atoms with Crippen molar-refractivity contribution in [2.75, 3.05) is 0 Å². The van der Waals surface area contributed by atoms with Crippen LogP contribution in [0.5, 0.6) is 5.75 Å². The van der Waals surface area contributed by atoms with E-state index in [0.717, 1.165) is 22.4 Å². The second-order valence-corrected chi connectivity index (χ2v) is 6.84. The zero-order valence-corrected chi connectivity index (χ0v) is 16.7. The summed E-state index contributed by atoms with van der Waals surface area (Å²) in [5.74, 6) is 0.733. The Hall–Kier alpha value is -2.89. The SMILES string of the molecule is S=C(NCc1ccccc1)N/N=C/c1ccccc1OCc1cccc(Cl)c1. The minimum absolute atomic E-state index is 0.426. The van der Waals surface area contributed by atoms with Gasteiger partial charge in [0.15, 0.2) is 5.11 Å². The van der Waals surface area contributed by atoms with Gasteiger partial charge in [-0.3, -0.25) is 5.43 Å². The molecule has 142 valence electrons. The summed E-state index contributed by atoms with van der Waals surface area (Å²) in [6.07, 6.45) is 1.68. The first-order chi connectivity index (χ1) is 13.7. The molecule has 0 heterocycles. The van der Waals surface area contributed by atoms with E-state index in [1.54, 1.807) is 6.21 Å². The van der Waals surface area contributed by atoms with Crippen LogP contribution in [0.15, 0.2) is 84.0 Å². The Morgan fingerprint density at radius 2 is 1.71 bits per heavy atom. The number of hydrogen-bond acceptors (Lipinski definition) is 3. The summed E-state index contributed by atoms with van der Waals surface area (Å²) in [7, 11) is 0. The van der Waals surface area contributed by atoms with Crippen LogP contribution in [0.1, 0.15) is 16.7 Å². The third-order valence-corrected chi connectivity index (χ3v) is 4.34. The van der Waals surface area contributed by atoms with Gasteiger partial charge in [-0.15, -0.1) is 0 Å². The van der Waals surface area contributed by atoms with Gasteiger partial charge in [-0.2, -0.15) is 5.10 Å². The predicted molar refractivity (Wildman–Crippen MR) is 119 cm³/mol. The van der Waals surface area contributed by atoms with Crippen LogP contribution < -0.4 is 15.5 Å². The number of hydrazone groups is 1. The van der Waals surface area contributed by atoms with E-state index < -0.39 is 0 Å². The fraction of sp³-hybridized carbons (Fsp3) is 0.0909. The number of thiocarbonyl (C=S) groups is 1. The van der Waals surface area contributed by atoms with Crippen LogP contribution in [-0.2, 0) is 13.2 Å². The van der Waals surface area contributed by atoms with Crippen molar-refractivity contribution in [3.05, 3.63) is 101 Å². The van der Waals surface area contributed by atoms with E-state index in [-0.39, 0.29) is 0 Å². The highest BCUT2D eigenvalue weighted by molar-refractivity contribution is 7.80. The Morgan fingerprint density at radius 3 is 2.54 bits per heavy atom. The molecule has 3 rings (SSSR count). The molecule has 4 nitrogen and oxygen atoms in total. The Bertz CT molecular complexity index is 947. The van der Waals surface area contributed by atoms with Gasteiger partial charge < -0.3 is 10.1 Å². The molecule has 0 bridgehead atoms. The van der Waals surface area contributed by atoms with Gasteiger partial charge in [0.1, 0.15) is 12.4 Å². The molecular weight excluding hydrogens is 390 g/mol. The monoisotopic (exact) mass is 409 g/mol. The number of hydrogen-bond donors (Lipinski definition) is 2. The number of rotatable bonds is 7. The van der Waals surface area contributed by atoms with E-state index in [1.807, 2.05) is 78.9 Å². The Kier molecular flexibility index (Phi) is 7.41. The molecule has 2 N–H and O–H groups in total. The van der Waals surface area contributed by atoms with E-state index in [9.17, 15) is 0 Å². The highest BCUT2D eigenvalue weighted by atomic mass is 35.5. The number of halogens is 1. The van der Waals surface area contributed by atoms with Gasteiger partial charge in [0.25, 0.3) is 0 Å². The van der Waals surface area contributed by atoms with Gasteiger partial charge >= 0.3 is 0 Å². The lowest BCUT2D eigenvalue weighted by molar-refractivity contribution is 0.306. The van der Waals surface area contributed by atoms with E-state index in [1.165, 1.54) is 0 Å². The zero-order valence-electron chi connectivity index (χ0n) is 15.1. The largest absolute Gasteiger partial charge is 0.488 e. The Balaban J connectivity index is 1.53. The van der Waals surface area contributed by atoms with Crippen molar-refractivity contribution in [2.24, 2.45) is 5.10 Å². The molecule has 0 aliphatic rings. The number of nitrogens with one attached hydrogen (secondary N) is 2. The highest BCUT2D eigenvalue weighted by Gasteiger charge is 2.02. The van der Waals surface area contributed by atoms with Crippen molar-refractivity contribution in [3.63, 3.8) is 0 Å². The van der Waals surface area contributed by atoms with E-state index in [2.05, 4.69) is 15.8 Å². The molecule has 0 aliphatic carbocycles. The summed E-state index contributed by atoms with van der Waals surface area (Å²) in [4.78, 5) is 0. The third kappa shape index (κ3) is 6.37. The summed E-state index contributed by atoms with van der Waals surface area (Å²) in [6, 6.07) is 25.3. The summed E-state index contributed by atoms with van der Waals surface area (Å²) < 4.78 is 5.91. The maximum Gasteiger partial charge on any atom is 0.187 e. The molecule has 0 aliphatic heterocycles. The summed E-state index contributed by atoms with van der Waals surface area (Å²) in [6.45, 7) is 1.07. The average molecular weight is 410 g/mol. The van der Waals surface area contributed by atoms with Crippen LogP contribution >= 0.6 is 23.8 Å². The van der Waals surface area contributed by atoms with Crippen LogP contribution in [0.4, 0.5) is 0 Å². The first-order valence-corrected chi connectivity index (χ1v) is 9.56. The smallest absolute Gasteiger partial charge is 0.187 e. The lowest BCUT2D eigenvalue weighted by Crippen LogP contribution is -2.31.